The number of benzene rings is 1. The summed E-state index contributed by atoms with van der Waals surface area (Å²) in [6, 6.07) is 8.51. The number of hydrogen-bond acceptors (Lipinski definition) is 3. The average molecular weight is 380 g/mol. The first-order valence-electron chi connectivity index (χ1n) is 10.3. The van der Waals surface area contributed by atoms with Crippen LogP contribution in [0, 0.1) is 5.92 Å². The molecule has 3 aliphatic rings. The van der Waals surface area contributed by atoms with Gasteiger partial charge in [-0.3, -0.25) is 19.3 Å². The molecular formula is C23H28N2O3. The number of rotatable bonds is 3. The van der Waals surface area contributed by atoms with E-state index >= 15 is 0 Å². The Bertz CT molecular complexity index is 830. The molecule has 3 atom stereocenters. The Morgan fingerprint density at radius 3 is 2.50 bits per heavy atom. The Kier molecular flexibility index (Phi) is 5.09. The summed E-state index contributed by atoms with van der Waals surface area (Å²) < 4.78 is 0. The quantitative estimate of drug-likeness (QED) is 0.598. The van der Waals surface area contributed by atoms with Crippen molar-refractivity contribution >= 4 is 17.7 Å². The molecule has 0 saturated carbocycles. The molecule has 148 valence electrons. The second-order valence-electron chi connectivity index (χ2n) is 8.44. The first kappa shape index (κ1) is 18.9. The van der Waals surface area contributed by atoms with Crippen molar-refractivity contribution in [1.82, 2.24) is 9.80 Å². The molecule has 2 aliphatic heterocycles. The van der Waals surface area contributed by atoms with Gasteiger partial charge in [-0.2, -0.15) is 0 Å². The van der Waals surface area contributed by atoms with Crippen molar-refractivity contribution in [2.75, 3.05) is 6.54 Å². The number of fused-ring (bicyclic) bond motifs is 1. The third-order valence-electron chi connectivity index (χ3n) is 6.66. The maximum atomic E-state index is 13.5. The lowest BCUT2D eigenvalue weighted by Gasteiger charge is -2.42. The SMILES string of the molecule is CC1=C(C)C[C@@H](C(=O)N2C(=O)[C@H]3CCCN3C(=O)[C@@H]2Cc2ccccc2)CC1. The molecule has 1 aromatic carbocycles. The first-order chi connectivity index (χ1) is 13.5. The Morgan fingerprint density at radius 1 is 1.04 bits per heavy atom. The Balaban J connectivity index is 1.65. The van der Waals surface area contributed by atoms with Gasteiger partial charge in [0.15, 0.2) is 0 Å². The lowest BCUT2D eigenvalue weighted by Crippen LogP contribution is -2.65. The van der Waals surface area contributed by atoms with Crippen LogP contribution in [-0.4, -0.2) is 46.1 Å². The minimum Gasteiger partial charge on any atom is -0.329 e. The predicted molar refractivity (Wildman–Crippen MR) is 106 cm³/mol. The number of amides is 3. The van der Waals surface area contributed by atoms with Crippen molar-refractivity contribution in [3.8, 4) is 0 Å². The van der Waals surface area contributed by atoms with Crippen LogP contribution in [0.5, 0.6) is 0 Å². The number of carbonyl (C=O) groups is 3. The fourth-order valence-corrected chi connectivity index (χ4v) is 4.84. The zero-order chi connectivity index (χ0) is 19.8. The number of piperazine rings is 1. The van der Waals surface area contributed by atoms with Gasteiger partial charge in [0.05, 0.1) is 0 Å². The van der Waals surface area contributed by atoms with Crippen molar-refractivity contribution in [1.29, 1.82) is 0 Å². The van der Waals surface area contributed by atoms with E-state index < -0.39 is 12.1 Å². The third-order valence-corrected chi connectivity index (χ3v) is 6.66. The fraction of sp³-hybridized carbons (Fsp3) is 0.522. The van der Waals surface area contributed by atoms with Gasteiger partial charge in [0.1, 0.15) is 12.1 Å². The van der Waals surface area contributed by atoms with Gasteiger partial charge in [0.25, 0.3) is 5.91 Å². The maximum Gasteiger partial charge on any atom is 0.252 e. The van der Waals surface area contributed by atoms with Gasteiger partial charge >= 0.3 is 0 Å². The van der Waals surface area contributed by atoms with E-state index in [4.69, 9.17) is 0 Å². The van der Waals surface area contributed by atoms with Crippen LogP contribution in [-0.2, 0) is 20.8 Å². The molecule has 4 rings (SSSR count). The van der Waals surface area contributed by atoms with Crippen molar-refractivity contribution in [2.24, 2.45) is 5.92 Å². The van der Waals surface area contributed by atoms with Gasteiger partial charge in [-0.05, 0) is 51.5 Å². The minimum atomic E-state index is -0.718. The lowest BCUT2D eigenvalue weighted by molar-refractivity contribution is -0.167. The molecule has 0 spiro atoms. The highest BCUT2D eigenvalue weighted by molar-refractivity contribution is 6.07. The first-order valence-corrected chi connectivity index (χ1v) is 10.3. The number of carbonyl (C=O) groups excluding carboxylic acids is 3. The van der Waals surface area contributed by atoms with Crippen LogP contribution in [0.4, 0.5) is 0 Å². The summed E-state index contributed by atoms with van der Waals surface area (Å²) in [5.41, 5.74) is 3.55. The molecule has 0 bridgehead atoms. The van der Waals surface area contributed by atoms with E-state index in [2.05, 4.69) is 13.8 Å². The summed E-state index contributed by atoms with van der Waals surface area (Å²) in [6.45, 7) is 4.80. The maximum absolute atomic E-state index is 13.5. The van der Waals surface area contributed by atoms with E-state index in [1.165, 1.54) is 16.0 Å². The van der Waals surface area contributed by atoms with Gasteiger partial charge in [0, 0.05) is 18.9 Å². The molecule has 2 heterocycles. The minimum absolute atomic E-state index is 0.0708. The van der Waals surface area contributed by atoms with E-state index in [1.807, 2.05) is 30.3 Å². The van der Waals surface area contributed by atoms with Gasteiger partial charge < -0.3 is 4.90 Å². The summed E-state index contributed by atoms with van der Waals surface area (Å²) in [5.74, 6) is -0.602. The number of hydrogen-bond donors (Lipinski definition) is 0. The van der Waals surface area contributed by atoms with E-state index in [1.54, 1.807) is 4.90 Å². The second kappa shape index (κ2) is 7.53. The molecule has 5 nitrogen and oxygen atoms in total. The smallest absolute Gasteiger partial charge is 0.252 e. The number of allylic oxidation sites excluding steroid dienone is 2. The molecule has 5 heteroatoms. The highest BCUT2D eigenvalue weighted by atomic mass is 16.2. The standard InChI is InChI=1S/C23H28N2O3/c1-15-10-11-18(13-16(15)2)21(26)25-20(14-17-7-4-3-5-8-17)22(27)24-12-6-9-19(24)23(25)28/h3-5,7-8,18-20H,6,9-14H2,1-2H3/t18-,19+,20-/m0/s1. The summed E-state index contributed by atoms with van der Waals surface area (Å²) in [5, 5.41) is 0. The molecule has 0 aromatic heterocycles. The summed E-state index contributed by atoms with van der Waals surface area (Å²) in [7, 11) is 0. The largest absolute Gasteiger partial charge is 0.329 e. The number of nitrogens with zero attached hydrogens (tertiary/aromatic N) is 2. The highest BCUT2D eigenvalue weighted by Gasteiger charge is 2.51. The zero-order valence-electron chi connectivity index (χ0n) is 16.7. The van der Waals surface area contributed by atoms with Crippen LogP contribution in [0.25, 0.3) is 0 Å². The highest BCUT2D eigenvalue weighted by Crippen LogP contribution is 2.34. The van der Waals surface area contributed by atoms with Gasteiger partial charge in [0.2, 0.25) is 11.8 Å². The monoisotopic (exact) mass is 380 g/mol. The second-order valence-corrected chi connectivity index (χ2v) is 8.44. The molecule has 0 radical (unpaired) electrons. The third kappa shape index (κ3) is 3.27. The van der Waals surface area contributed by atoms with Gasteiger partial charge in [-0.1, -0.05) is 41.5 Å². The number of imide groups is 1. The van der Waals surface area contributed by atoms with Crippen LogP contribution in [0.1, 0.15) is 51.5 Å². The molecule has 2 saturated heterocycles. The normalized spacial score (nSPS) is 28.0. The van der Waals surface area contributed by atoms with Crippen molar-refractivity contribution in [2.45, 2.75) is 64.5 Å². The van der Waals surface area contributed by atoms with Crippen LogP contribution in [0.2, 0.25) is 0 Å². The van der Waals surface area contributed by atoms with Crippen molar-refractivity contribution in [3.63, 3.8) is 0 Å². The van der Waals surface area contributed by atoms with Gasteiger partial charge in [-0.15, -0.1) is 0 Å². The van der Waals surface area contributed by atoms with Crippen molar-refractivity contribution in [3.05, 3.63) is 47.0 Å². The molecule has 0 N–H and O–H groups in total. The predicted octanol–water partition coefficient (Wildman–Crippen LogP) is 3.09. The molecule has 3 amide bonds. The van der Waals surface area contributed by atoms with E-state index in [0.717, 1.165) is 24.8 Å². The summed E-state index contributed by atoms with van der Waals surface area (Å²) in [6.07, 6.45) is 4.21. The topological polar surface area (TPSA) is 57.7 Å². The van der Waals surface area contributed by atoms with Crippen LogP contribution >= 0.6 is 0 Å². The lowest BCUT2D eigenvalue weighted by atomic mass is 9.83. The molecule has 2 fully saturated rings. The molecular weight excluding hydrogens is 352 g/mol. The summed E-state index contributed by atoms with van der Waals surface area (Å²) >= 11 is 0. The van der Waals surface area contributed by atoms with E-state index in [9.17, 15) is 14.4 Å². The molecule has 1 aromatic rings. The van der Waals surface area contributed by atoms with E-state index in [-0.39, 0.29) is 23.6 Å². The van der Waals surface area contributed by atoms with Gasteiger partial charge in [-0.25, -0.2) is 0 Å². The molecule has 1 aliphatic carbocycles. The van der Waals surface area contributed by atoms with Crippen LogP contribution in [0.15, 0.2) is 41.5 Å². The van der Waals surface area contributed by atoms with Crippen LogP contribution < -0.4 is 0 Å². The summed E-state index contributed by atoms with van der Waals surface area (Å²) in [4.78, 5) is 43.0. The molecule has 28 heavy (non-hydrogen) atoms. The Hall–Kier alpha value is -2.43. The van der Waals surface area contributed by atoms with E-state index in [0.29, 0.717) is 25.8 Å². The Labute approximate surface area is 166 Å². The zero-order valence-corrected chi connectivity index (χ0v) is 16.7. The average Bonchev–Trinajstić information content (AvgIpc) is 3.19. The Morgan fingerprint density at radius 2 is 1.79 bits per heavy atom. The van der Waals surface area contributed by atoms with Crippen LogP contribution in [0.3, 0.4) is 0 Å². The fourth-order valence-electron chi connectivity index (χ4n) is 4.84. The molecule has 0 unspecified atom stereocenters. The van der Waals surface area contributed by atoms with Crippen molar-refractivity contribution < 1.29 is 14.4 Å².